The van der Waals surface area contributed by atoms with Crippen LogP contribution in [-0.2, 0) is 0 Å². The normalized spacial score (nSPS) is 21.4. The minimum atomic E-state index is -0.468. The Labute approximate surface area is 127 Å². The molecule has 0 amide bonds. The van der Waals surface area contributed by atoms with E-state index in [9.17, 15) is 5.11 Å². The molecule has 1 saturated heterocycles. The van der Waals surface area contributed by atoms with Gasteiger partial charge in [0.15, 0.2) is 0 Å². The van der Waals surface area contributed by atoms with E-state index in [1.807, 2.05) is 25.1 Å². The number of rotatable bonds is 6. The maximum Gasteiger partial charge on any atom is 0.0803 e. The number of anilines is 1. The molecule has 118 valence electrons. The number of benzene rings is 1. The third-order valence-corrected chi connectivity index (χ3v) is 4.59. The molecular formula is C17H28N2O2. The second kappa shape index (κ2) is 7.78. The van der Waals surface area contributed by atoms with Crippen molar-refractivity contribution in [2.24, 2.45) is 0 Å². The Hall–Kier alpha value is -1.10. The Morgan fingerprint density at radius 3 is 2.90 bits per heavy atom. The summed E-state index contributed by atoms with van der Waals surface area (Å²) in [6, 6.07) is 6.27. The first-order valence-electron chi connectivity index (χ1n) is 8.01. The number of aliphatic hydroxyl groups is 2. The zero-order valence-corrected chi connectivity index (χ0v) is 13.0. The topological polar surface area (TPSA) is 69.7 Å². The third kappa shape index (κ3) is 4.43. The predicted molar refractivity (Wildman–Crippen MR) is 86.1 cm³/mol. The fourth-order valence-electron chi connectivity index (χ4n) is 3.15. The Balaban J connectivity index is 1.89. The number of aliphatic hydroxyl groups excluding tert-OH is 2. The van der Waals surface area contributed by atoms with Gasteiger partial charge in [-0.15, -0.1) is 0 Å². The summed E-state index contributed by atoms with van der Waals surface area (Å²) < 4.78 is 0. The zero-order valence-electron chi connectivity index (χ0n) is 13.0. The number of nitrogens with two attached hydrogens (primary N) is 1. The summed E-state index contributed by atoms with van der Waals surface area (Å²) >= 11 is 0. The van der Waals surface area contributed by atoms with Gasteiger partial charge in [0, 0.05) is 24.9 Å². The summed E-state index contributed by atoms with van der Waals surface area (Å²) in [4.78, 5) is 2.42. The van der Waals surface area contributed by atoms with E-state index in [0.717, 1.165) is 42.7 Å². The standard InChI is InChI=1S/C17H28N2O2/c1-13-5-6-14(12-16(13)18)17(21)7-10-19-9-3-2-4-15(19)8-11-20/h5-6,12,15,17,20-21H,2-4,7-11,18H2,1H3. The van der Waals surface area contributed by atoms with Crippen LogP contribution in [0.5, 0.6) is 0 Å². The average molecular weight is 292 g/mol. The van der Waals surface area contributed by atoms with Gasteiger partial charge in [-0.1, -0.05) is 18.6 Å². The highest BCUT2D eigenvalue weighted by molar-refractivity contribution is 5.48. The van der Waals surface area contributed by atoms with E-state index in [1.54, 1.807) is 0 Å². The second-order valence-electron chi connectivity index (χ2n) is 6.12. The van der Waals surface area contributed by atoms with Crippen LogP contribution in [0.3, 0.4) is 0 Å². The first-order valence-corrected chi connectivity index (χ1v) is 8.01. The second-order valence-corrected chi connectivity index (χ2v) is 6.12. The van der Waals surface area contributed by atoms with Gasteiger partial charge in [-0.05, 0) is 56.3 Å². The minimum Gasteiger partial charge on any atom is -0.399 e. The van der Waals surface area contributed by atoms with Gasteiger partial charge in [-0.2, -0.15) is 0 Å². The highest BCUT2D eigenvalue weighted by Gasteiger charge is 2.22. The molecule has 4 nitrogen and oxygen atoms in total. The van der Waals surface area contributed by atoms with Gasteiger partial charge in [0.1, 0.15) is 0 Å². The summed E-state index contributed by atoms with van der Waals surface area (Å²) in [5, 5.41) is 19.5. The Bertz CT molecular complexity index is 448. The van der Waals surface area contributed by atoms with Crippen molar-refractivity contribution in [3.8, 4) is 0 Å². The molecule has 2 atom stereocenters. The molecular weight excluding hydrogens is 264 g/mol. The van der Waals surface area contributed by atoms with E-state index in [1.165, 1.54) is 12.8 Å². The highest BCUT2D eigenvalue weighted by atomic mass is 16.3. The molecule has 1 aliphatic heterocycles. The van der Waals surface area contributed by atoms with Crippen LogP contribution in [0.25, 0.3) is 0 Å². The van der Waals surface area contributed by atoms with Crippen molar-refractivity contribution in [1.82, 2.24) is 4.90 Å². The van der Waals surface area contributed by atoms with Crippen LogP contribution in [0, 0.1) is 6.92 Å². The molecule has 1 aliphatic rings. The van der Waals surface area contributed by atoms with Gasteiger partial charge in [0.05, 0.1) is 6.10 Å². The maximum atomic E-state index is 10.4. The van der Waals surface area contributed by atoms with Crippen molar-refractivity contribution in [1.29, 1.82) is 0 Å². The van der Waals surface area contributed by atoms with E-state index in [2.05, 4.69) is 4.90 Å². The Morgan fingerprint density at radius 1 is 1.38 bits per heavy atom. The number of hydrogen-bond donors (Lipinski definition) is 3. The molecule has 1 heterocycles. The summed E-state index contributed by atoms with van der Waals surface area (Å²) in [6.07, 6.45) is 4.71. The van der Waals surface area contributed by atoms with Crippen LogP contribution < -0.4 is 5.73 Å². The molecule has 1 aromatic rings. The maximum absolute atomic E-state index is 10.4. The lowest BCUT2D eigenvalue weighted by molar-refractivity contribution is 0.0891. The van der Waals surface area contributed by atoms with Gasteiger partial charge in [0.25, 0.3) is 0 Å². The van der Waals surface area contributed by atoms with Crippen molar-refractivity contribution >= 4 is 5.69 Å². The molecule has 0 bridgehead atoms. The molecule has 0 saturated carbocycles. The number of hydrogen-bond acceptors (Lipinski definition) is 4. The monoisotopic (exact) mass is 292 g/mol. The number of nitrogens with zero attached hydrogens (tertiary/aromatic N) is 1. The molecule has 0 spiro atoms. The lowest BCUT2D eigenvalue weighted by Crippen LogP contribution is -2.41. The molecule has 2 rings (SSSR count). The van der Waals surface area contributed by atoms with E-state index in [0.29, 0.717) is 12.5 Å². The molecule has 0 radical (unpaired) electrons. The molecule has 4 N–H and O–H groups in total. The van der Waals surface area contributed by atoms with Crippen molar-refractivity contribution in [2.45, 2.75) is 51.2 Å². The van der Waals surface area contributed by atoms with Gasteiger partial charge >= 0.3 is 0 Å². The molecule has 1 aromatic carbocycles. The van der Waals surface area contributed by atoms with Gasteiger partial charge < -0.3 is 20.8 Å². The van der Waals surface area contributed by atoms with Crippen LogP contribution in [0.1, 0.15) is 49.3 Å². The van der Waals surface area contributed by atoms with Crippen LogP contribution in [0.2, 0.25) is 0 Å². The van der Waals surface area contributed by atoms with Gasteiger partial charge in [-0.3, -0.25) is 0 Å². The van der Waals surface area contributed by atoms with Crippen LogP contribution in [0.15, 0.2) is 18.2 Å². The van der Waals surface area contributed by atoms with E-state index >= 15 is 0 Å². The average Bonchev–Trinajstić information content (AvgIpc) is 2.49. The first-order chi connectivity index (χ1) is 10.1. The van der Waals surface area contributed by atoms with Crippen molar-refractivity contribution in [3.05, 3.63) is 29.3 Å². The van der Waals surface area contributed by atoms with Gasteiger partial charge in [0.2, 0.25) is 0 Å². The summed E-state index contributed by atoms with van der Waals surface area (Å²) in [6.45, 7) is 4.17. The minimum absolute atomic E-state index is 0.248. The summed E-state index contributed by atoms with van der Waals surface area (Å²) in [7, 11) is 0. The predicted octanol–water partition coefficient (Wildman–Crippen LogP) is 2.24. The number of likely N-dealkylation sites (tertiary alicyclic amines) is 1. The zero-order chi connectivity index (χ0) is 15.2. The largest absolute Gasteiger partial charge is 0.399 e. The van der Waals surface area contributed by atoms with Crippen molar-refractivity contribution in [2.75, 3.05) is 25.4 Å². The molecule has 21 heavy (non-hydrogen) atoms. The molecule has 4 heteroatoms. The Morgan fingerprint density at radius 2 is 2.19 bits per heavy atom. The van der Waals surface area contributed by atoms with Crippen LogP contribution in [-0.4, -0.2) is 40.9 Å². The lowest BCUT2D eigenvalue weighted by atomic mass is 9.98. The smallest absolute Gasteiger partial charge is 0.0803 e. The third-order valence-electron chi connectivity index (χ3n) is 4.59. The molecule has 1 fully saturated rings. The number of nitrogen functional groups attached to an aromatic ring is 1. The molecule has 2 unspecified atom stereocenters. The Kier molecular flexibility index (Phi) is 6.03. The number of aryl methyl sites for hydroxylation is 1. The summed E-state index contributed by atoms with van der Waals surface area (Å²) in [5.41, 5.74) is 8.59. The van der Waals surface area contributed by atoms with Gasteiger partial charge in [-0.25, -0.2) is 0 Å². The summed E-state index contributed by atoms with van der Waals surface area (Å²) in [5.74, 6) is 0. The van der Waals surface area contributed by atoms with E-state index in [-0.39, 0.29) is 6.61 Å². The highest BCUT2D eigenvalue weighted by Crippen LogP contribution is 2.24. The quantitative estimate of drug-likeness (QED) is 0.703. The van der Waals surface area contributed by atoms with Crippen molar-refractivity contribution in [3.63, 3.8) is 0 Å². The van der Waals surface area contributed by atoms with Crippen LogP contribution >= 0.6 is 0 Å². The fourth-order valence-corrected chi connectivity index (χ4v) is 3.15. The lowest BCUT2D eigenvalue weighted by Gasteiger charge is -2.36. The molecule has 0 aliphatic carbocycles. The fraction of sp³-hybridized carbons (Fsp3) is 0.647. The SMILES string of the molecule is Cc1ccc(C(O)CCN2CCCCC2CCO)cc1N. The molecule has 0 aromatic heterocycles. The van der Waals surface area contributed by atoms with E-state index < -0.39 is 6.10 Å². The van der Waals surface area contributed by atoms with Crippen LogP contribution in [0.4, 0.5) is 5.69 Å². The van der Waals surface area contributed by atoms with Crippen molar-refractivity contribution < 1.29 is 10.2 Å². The first kappa shape index (κ1) is 16.3. The van der Waals surface area contributed by atoms with E-state index in [4.69, 9.17) is 10.8 Å². The number of piperidine rings is 1.